The Morgan fingerprint density at radius 2 is 1.79 bits per heavy atom. The largest absolute Gasteiger partial charge is 0.497 e. The van der Waals surface area contributed by atoms with E-state index in [9.17, 15) is 0 Å². The van der Waals surface area contributed by atoms with Crippen molar-refractivity contribution in [3.05, 3.63) is 24.3 Å². The lowest BCUT2D eigenvalue weighted by atomic mass is 10.1. The molecule has 1 saturated carbocycles. The quantitative estimate of drug-likeness (QED) is 0.383. The van der Waals surface area contributed by atoms with Crippen molar-refractivity contribution in [3.8, 4) is 5.75 Å². The highest BCUT2D eigenvalue weighted by molar-refractivity contribution is 14.0. The van der Waals surface area contributed by atoms with Crippen molar-refractivity contribution in [2.45, 2.75) is 25.3 Å². The molecule has 7 heteroatoms. The fourth-order valence-corrected chi connectivity index (χ4v) is 4.34. The number of hydrogen-bond acceptors (Lipinski definition) is 4. The molecule has 1 aliphatic carbocycles. The number of rotatable bonds is 5. The Labute approximate surface area is 186 Å². The van der Waals surface area contributed by atoms with Gasteiger partial charge in [-0.2, -0.15) is 0 Å². The third kappa shape index (κ3) is 5.23. The maximum Gasteiger partial charge on any atom is 0.193 e. The van der Waals surface area contributed by atoms with E-state index in [0.29, 0.717) is 0 Å². The Hall–Kier alpha value is -1.22. The van der Waals surface area contributed by atoms with Crippen LogP contribution in [0.25, 0.3) is 0 Å². The van der Waals surface area contributed by atoms with Gasteiger partial charge in [0.05, 0.1) is 7.11 Å². The van der Waals surface area contributed by atoms with Crippen LogP contribution in [0, 0.1) is 5.92 Å². The van der Waals surface area contributed by atoms with Crippen LogP contribution in [-0.2, 0) is 0 Å². The minimum Gasteiger partial charge on any atom is -0.497 e. The van der Waals surface area contributed by atoms with Gasteiger partial charge < -0.3 is 24.8 Å². The van der Waals surface area contributed by atoms with E-state index in [0.717, 1.165) is 56.4 Å². The van der Waals surface area contributed by atoms with Crippen LogP contribution < -0.4 is 15.0 Å². The van der Waals surface area contributed by atoms with Gasteiger partial charge in [0.15, 0.2) is 5.96 Å². The van der Waals surface area contributed by atoms with Gasteiger partial charge in [0, 0.05) is 58.0 Å². The first-order valence-corrected chi connectivity index (χ1v) is 10.4. The van der Waals surface area contributed by atoms with Crippen molar-refractivity contribution < 1.29 is 4.74 Å². The molecule has 0 spiro atoms. The zero-order chi connectivity index (χ0) is 18.6. The second kappa shape index (κ2) is 10.0. The van der Waals surface area contributed by atoms with Crippen molar-refractivity contribution in [1.82, 2.24) is 15.1 Å². The highest BCUT2D eigenvalue weighted by Crippen LogP contribution is 2.31. The zero-order valence-corrected chi connectivity index (χ0v) is 19.5. The van der Waals surface area contributed by atoms with Gasteiger partial charge in [-0.1, -0.05) is 0 Å². The number of aliphatic imine (C=N–C) groups is 1. The van der Waals surface area contributed by atoms with Crippen LogP contribution in [0.4, 0.5) is 5.69 Å². The highest BCUT2D eigenvalue weighted by atomic mass is 127. The SMILES string of the molecule is CN=C(NCC1CCN(C2CC2)C1)N1CCN(c2ccc(OC)cc2)CC1.I. The molecule has 1 N–H and O–H groups in total. The first-order valence-electron chi connectivity index (χ1n) is 10.4. The molecule has 0 aromatic heterocycles. The summed E-state index contributed by atoms with van der Waals surface area (Å²) in [4.78, 5) is 12.1. The normalized spacial score (nSPS) is 23.5. The van der Waals surface area contributed by atoms with Crippen LogP contribution >= 0.6 is 24.0 Å². The fourth-order valence-electron chi connectivity index (χ4n) is 4.34. The molecule has 0 amide bonds. The molecule has 4 rings (SSSR count). The van der Waals surface area contributed by atoms with Crippen molar-refractivity contribution >= 4 is 35.6 Å². The lowest BCUT2D eigenvalue weighted by Crippen LogP contribution is -2.53. The van der Waals surface area contributed by atoms with Crippen molar-refractivity contribution in [3.63, 3.8) is 0 Å². The Bertz CT molecular complexity index is 641. The van der Waals surface area contributed by atoms with Crippen molar-refractivity contribution in [2.24, 2.45) is 10.9 Å². The molecule has 3 fully saturated rings. The summed E-state index contributed by atoms with van der Waals surface area (Å²) in [5.74, 6) is 2.74. The summed E-state index contributed by atoms with van der Waals surface area (Å²) in [7, 11) is 3.62. The van der Waals surface area contributed by atoms with E-state index in [1.54, 1.807) is 7.11 Å². The molecule has 3 aliphatic rings. The maximum atomic E-state index is 5.26. The summed E-state index contributed by atoms with van der Waals surface area (Å²) < 4.78 is 5.26. The van der Waals surface area contributed by atoms with Crippen molar-refractivity contribution in [1.29, 1.82) is 0 Å². The van der Waals surface area contributed by atoms with E-state index < -0.39 is 0 Å². The first kappa shape index (κ1) is 21.5. The number of likely N-dealkylation sites (tertiary alicyclic amines) is 1. The summed E-state index contributed by atoms with van der Waals surface area (Å²) in [6.45, 7) is 7.65. The molecule has 0 radical (unpaired) electrons. The fraction of sp³-hybridized carbons (Fsp3) is 0.667. The van der Waals surface area contributed by atoms with Gasteiger partial charge in [-0.15, -0.1) is 24.0 Å². The number of piperazine rings is 1. The van der Waals surface area contributed by atoms with Crippen molar-refractivity contribution in [2.75, 3.05) is 64.9 Å². The zero-order valence-electron chi connectivity index (χ0n) is 17.1. The Balaban J connectivity index is 0.00000225. The van der Waals surface area contributed by atoms with Crippen LogP contribution in [0.2, 0.25) is 0 Å². The third-order valence-electron chi connectivity index (χ3n) is 6.16. The van der Waals surface area contributed by atoms with Crippen LogP contribution in [0.15, 0.2) is 29.3 Å². The second-order valence-corrected chi connectivity index (χ2v) is 7.98. The lowest BCUT2D eigenvalue weighted by molar-refractivity contribution is 0.312. The van der Waals surface area contributed by atoms with Gasteiger partial charge in [0.25, 0.3) is 0 Å². The summed E-state index contributed by atoms with van der Waals surface area (Å²) >= 11 is 0. The minimum atomic E-state index is 0. The number of anilines is 1. The lowest BCUT2D eigenvalue weighted by Gasteiger charge is -2.38. The van der Waals surface area contributed by atoms with E-state index in [2.05, 4.69) is 37.1 Å². The van der Waals surface area contributed by atoms with E-state index in [4.69, 9.17) is 4.74 Å². The monoisotopic (exact) mass is 499 g/mol. The number of methoxy groups -OCH3 is 1. The molecule has 2 aliphatic heterocycles. The Kier molecular flexibility index (Phi) is 7.68. The van der Waals surface area contributed by atoms with E-state index >= 15 is 0 Å². The summed E-state index contributed by atoms with van der Waals surface area (Å²) in [5.41, 5.74) is 1.27. The third-order valence-corrected chi connectivity index (χ3v) is 6.16. The minimum absolute atomic E-state index is 0. The Morgan fingerprint density at radius 1 is 1.07 bits per heavy atom. The van der Waals surface area contributed by atoms with Crippen LogP contribution in [-0.4, -0.2) is 81.8 Å². The van der Waals surface area contributed by atoms with Gasteiger partial charge in [-0.3, -0.25) is 4.99 Å². The van der Waals surface area contributed by atoms with Crippen LogP contribution in [0.5, 0.6) is 5.75 Å². The number of guanidine groups is 1. The van der Waals surface area contributed by atoms with Crippen LogP contribution in [0.1, 0.15) is 19.3 Å². The molecular formula is C21H34IN5O. The molecule has 0 bridgehead atoms. The standard InChI is InChI=1S/C21H33N5O.HI/c1-22-21(23-15-17-9-10-26(16-17)19-3-4-19)25-13-11-24(12-14-25)18-5-7-20(27-2)8-6-18;/h5-8,17,19H,3-4,9-16H2,1-2H3,(H,22,23);1H. The summed E-state index contributed by atoms with van der Waals surface area (Å²) in [6.07, 6.45) is 4.16. The highest BCUT2D eigenvalue weighted by Gasteiger charge is 2.34. The number of benzene rings is 1. The number of nitrogens with zero attached hydrogens (tertiary/aromatic N) is 4. The van der Waals surface area contributed by atoms with Gasteiger partial charge in [0.1, 0.15) is 5.75 Å². The predicted molar refractivity (Wildman–Crippen MR) is 126 cm³/mol. The molecule has 28 heavy (non-hydrogen) atoms. The second-order valence-electron chi connectivity index (χ2n) is 7.98. The molecular weight excluding hydrogens is 465 g/mol. The summed E-state index contributed by atoms with van der Waals surface area (Å²) in [6, 6.07) is 9.27. The average Bonchev–Trinajstić information content (AvgIpc) is 3.47. The molecule has 1 unspecified atom stereocenters. The molecule has 6 nitrogen and oxygen atoms in total. The molecule has 156 valence electrons. The number of halogens is 1. The number of ether oxygens (including phenoxy) is 1. The molecule has 2 heterocycles. The van der Waals surface area contributed by atoms with E-state index in [1.807, 2.05) is 19.2 Å². The van der Waals surface area contributed by atoms with Gasteiger partial charge in [-0.05, 0) is 56.0 Å². The predicted octanol–water partition coefficient (Wildman–Crippen LogP) is 2.49. The topological polar surface area (TPSA) is 43.3 Å². The molecule has 2 saturated heterocycles. The van der Waals surface area contributed by atoms with E-state index in [-0.39, 0.29) is 24.0 Å². The van der Waals surface area contributed by atoms with Crippen LogP contribution in [0.3, 0.4) is 0 Å². The number of hydrogen-bond donors (Lipinski definition) is 1. The van der Waals surface area contributed by atoms with Gasteiger partial charge >= 0.3 is 0 Å². The molecule has 1 aromatic carbocycles. The van der Waals surface area contributed by atoms with Gasteiger partial charge in [-0.25, -0.2) is 0 Å². The first-order chi connectivity index (χ1) is 13.3. The average molecular weight is 499 g/mol. The summed E-state index contributed by atoms with van der Waals surface area (Å²) in [5, 5.41) is 3.64. The number of nitrogens with one attached hydrogen (secondary N) is 1. The van der Waals surface area contributed by atoms with E-state index in [1.165, 1.54) is 38.0 Å². The Morgan fingerprint density at radius 3 is 2.39 bits per heavy atom. The maximum absolute atomic E-state index is 5.26. The van der Waals surface area contributed by atoms with Gasteiger partial charge in [0.2, 0.25) is 0 Å². The smallest absolute Gasteiger partial charge is 0.193 e. The molecule has 1 aromatic rings. The molecule has 1 atom stereocenters.